The van der Waals surface area contributed by atoms with E-state index in [1.54, 1.807) is 17.1 Å². The van der Waals surface area contributed by atoms with Crippen LogP contribution in [0, 0.1) is 5.82 Å². The van der Waals surface area contributed by atoms with Gasteiger partial charge in [-0.2, -0.15) is 5.10 Å². The van der Waals surface area contributed by atoms with Crippen LogP contribution in [0.2, 0.25) is 0 Å². The second-order valence-corrected chi connectivity index (χ2v) is 5.72. The van der Waals surface area contributed by atoms with E-state index in [1.165, 1.54) is 18.3 Å². The van der Waals surface area contributed by atoms with Crippen LogP contribution >= 0.6 is 0 Å². The molecule has 1 saturated carbocycles. The average Bonchev–Trinajstić information content (AvgIpc) is 3.11. The molecule has 1 amide bonds. The van der Waals surface area contributed by atoms with Crippen LogP contribution in [0.4, 0.5) is 4.39 Å². The molecule has 0 radical (unpaired) electrons. The number of hydrogen-bond donors (Lipinski definition) is 1. The Morgan fingerprint density at radius 1 is 1.52 bits per heavy atom. The maximum atomic E-state index is 13.6. The highest BCUT2D eigenvalue weighted by Crippen LogP contribution is 2.24. The van der Waals surface area contributed by atoms with Crippen molar-refractivity contribution in [3.8, 4) is 5.75 Å². The van der Waals surface area contributed by atoms with Crippen molar-refractivity contribution in [3.63, 3.8) is 0 Å². The number of halogens is 1. The first-order valence-corrected chi connectivity index (χ1v) is 7.66. The first-order valence-electron chi connectivity index (χ1n) is 7.66. The standard InChI is InChI=1S/C16H19FN4O2/c1-21-10-11(9-19-21)23-15-6-2-5-13(15)20-16(22)8-14-12(17)4-3-7-18-14/h3-4,7,9-10,13,15H,2,5-6,8H2,1H3,(H,20,22)/t13-,15+/m0/s1. The third-order valence-corrected chi connectivity index (χ3v) is 3.93. The quantitative estimate of drug-likeness (QED) is 0.909. The first-order chi connectivity index (χ1) is 11.1. The Kier molecular flexibility index (Phi) is 4.55. The summed E-state index contributed by atoms with van der Waals surface area (Å²) < 4.78 is 21.1. The molecule has 2 aromatic heterocycles. The van der Waals surface area contributed by atoms with Gasteiger partial charge in [-0.1, -0.05) is 0 Å². The minimum Gasteiger partial charge on any atom is -0.485 e. The van der Waals surface area contributed by atoms with Crippen LogP contribution < -0.4 is 10.1 Å². The number of aryl methyl sites for hydroxylation is 1. The summed E-state index contributed by atoms with van der Waals surface area (Å²) in [4.78, 5) is 16.0. The van der Waals surface area contributed by atoms with Crippen LogP contribution in [0.3, 0.4) is 0 Å². The summed E-state index contributed by atoms with van der Waals surface area (Å²) >= 11 is 0. The number of carbonyl (C=O) groups excluding carboxylic acids is 1. The number of carbonyl (C=O) groups is 1. The van der Waals surface area contributed by atoms with Crippen LogP contribution in [0.5, 0.6) is 5.75 Å². The van der Waals surface area contributed by atoms with Crippen molar-refractivity contribution in [2.45, 2.75) is 37.8 Å². The molecule has 0 bridgehead atoms. The number of nitrogens with zero attached hydrogens (tertiary/aromatic N) is 3. The third-order valence-electron chi connectivity index (χ3n) is 3.93. The molecule has 2 aromatic rings. The molecule has 1 aliphatic rings. The van der Waals surface area contributed by atoms with E-state index in [0.29, 0.717) is 5.75 Å². The number of ether oxygens (including phenoxy) is 1. The van der Waals surface area contributed by atoms with Crippen molar-refractivity contribution in [1.82, 2.24) is 20.1 Å². The summed E-state index contributed by atoms with van der Waals surface area (Å²) in [5, 5.41) is 7.00. The van der Waals surface area contributed by atoms with E-state index in [2.05, 4.69) is 15.4 Å². The summed E-state index contributed by atoms with van der Waals surface area (Å²) in [5.41, 5.74) is 0.160. The van der Waals surface area contributed by atoms with E-state index < -0.39 is 5.82 Å². The largest absolute Gasteiger partial charge is 0.485 e. The van der Waals surface area contributed by atoms with Crippen LogP contribution in [-0.4, -0.2) is 32.8 Å². The van der Waals surface area contributed by atoms with Gasteiger partial charge in [0.25, 0.3) is 0 Å². The second kappa shape index (κ2) is 6.76. The average molecular weight is 318 g/mol. The Bertz CT molecular complexity index is 688. The molecular weight excluding hydrogens is 299 g/mol. The van der Waals surface area contributed by atoms with Gasteiger partial charge < -0.3 is 10.1 Å². The van der Waals surface area contributed by atoms with Crippen LogP contribution in [0.1, 0.15) is 25.0 Å². The van der Waals surface area contributed by atoms with Gasteiger partial charge in [0.05, 0.1) is 30.6 Å². The molecule has 23 heavy (non-hydrogen) atoms. The van der Waals surface area contributed by atoms with Gasteiger partial charge in [-0.25, -0.2) is 4.39 Å². The molecule has 1 aliphatic carbocycles. The van der Waals surface area contributed by atoms with Gasteiger partial charge in [0.15, 0.2) is 5.75 Å². The summed E-state index contributed by atoms with van der Waals surface area (Å²) in [6.45, 7) is 0. The maximum Gasteiger partial charge on any atom is 0.226 e. The smallest absolute Gasteiger partial charge is 0.226 e. The molecule has 0 aromatic carbocycles. The number of amides is 1. The monoisotopic (exact) mass is 318 g/mol. The Labute approximate surface area is 133 Å². The van der Waals surface area contributed by atoms with Crippen molar-refractivity contribution in [3.05, 3.63) is 42.2 Å². The van der Waals surface area contributed by atoms with E-state index in [-0.39, 0.29) is 30.2 Å². The molecular formula is C16H19FN4O2. The summed E-state index contributed by atoms with van der Waals surface area (Å²) in [6.07, 6.45) is 7.48. The van der Waals surface area contributed by atoms with Gasteiger partial charge in [0.1, 0.15) is 11.9 Å². The SMILES string of the molecule is Cn1cc(O[C@@H]2CCC[C@@H]2NC(=O)Cc2ncccc2F)cn1. The predicted octanol–water partition coefficient (Wildman–Crippen LogP) is 1.61. The van der Waals surface area contributed by atoms with Gasteiger partial charge in [0, 0.05) is 13.2 Å². The molecule has 0 saturated heterocycles. The third kappa shape index (κ3) is 3.85. The van der Waals surface area contributed by atoms with E-state index in [9.17, 15) is 9.18 Å². The fourth-order valence-corrected chi connectivity index (χ4v) is 2.82. The fourth-order valence-electron chi connectivity index (χ4n) is 2.82. The van der Waals surface area contributed by atoms with E-state index in [4.69, 9.17) is 4.74 Å². The molecule has 122 valence electrons. The minimum absolute atomic E-state index is 0.0667. The van der Waals surface area contributed by atoms with Crippen LogP contribution in [-0.2, 0) is 18.3 Å². The zero-order chi connectivity index (χ0) is 16.2. The molecule has 0 spiro atoms. The van der Waals surface area contributed by atoms with Crippen molar-refractivity contribution in [2.24, 2.45) is 7.05 Å². The number of pyridine rings is 1. The highest BCUT2D eigenvalue weighted by atomic mass is 19.1. The van der Waals surface area contributed by atoms with Crippen LogP contribution in [0.15, 0.2) is 30.7 Å². The topological polar surface area (TPSA) is 69.0 Å². The lowest BCUT2D eigenvalue weighted by molar-refractivity contribution is -0.121. The second-order valence-electron chi connectivity index (χ2n) is 5.72. The Morgan fingerprint density at radius 3 is 3.13 bits per heavy atom. The lowest BCUT2D eigenvalue weighted by Crippen LogP contribution is -2.43. The van der Waals surface area contributed by atoms with E-state index in [0.717, 1.165) is 19.3 Å². The number of hydrogen-bond acceptors (Lipinski definition) is 4. The zero-order valence-electron chi connectivity index (χ0n) is 12.9. The first kappa shape index (κ1) is 15.5. The van der Waals surface area contributed by atoms with E-state index >= 15 is 0 Å². The van der Waals surface area contributed by atoms with Crippen molar-refractivity contribution in [1.29, 1.82) is 0 Å². The molecule has 3 rings (SSSR count). The normalized spacial score (nSPS) is 20.4. The molecule has 2 heterocycles. The summed E-state index contributed by atoms with van der Waals surface area (Å²) in [5.74, 6) is -0.0130. The minimum atomic E-state index is -0.461. The van der Waals surface area contributed by atoms with Crippen molar-refractivity contribution >= 4 is 5.91 Å². The lowest BCUT2D eigenvalue weighted by atomic mass is 10.2. The number of nitrogens with one attached hydrogen (secondary N) is 1. The maximum absolute atomic E-state index is 13.6. The molecule has 6 nitrogen and oxygen atoms in total. The number of rotatable bonds is 5. The molecule has 0 aliphatic heterocycles. The lowest BCUT2D eigenvalue weighted by Gasteiger charge is -2.21. The molecule has 2 atom stereocenters. The highest BCUT2D eigenvalue weighted by molar-refractivity contribution is 5.78. The van der Waals surface area contributed by atoms with Gasteiger partial charge in [-0.15, -0.1) is 0 Å². The molecule has 1 N–H and O–H groups in total. The summed E-state index contributed by atoms with van der Waals surface area (Å²) in [6, 6.07) is 2.74. The van der Waals surface area contributed by atoms with E-state index in [1.807, 2.05) is 7.05 Å². The Balaban J connectivity index is 1.57. The molecule has 1 fully saturated rings. The molecule has 7 heteroatoms. The predicted molar refractivity (Wildman–Crippen MR) is 81.3 cm³/mol. The zero-order valence-corrected chi connectivity index (χ0v) is 12.9. The van der Waals surface area contributed by atoms with Gasteiger partial charge in [-0.05, 0) is 31.4 Å². The van der Waals surface area contributed by atoms with Crippen LogP contribution in [0.25, 0.3) is 0 Å². The highest BCUT2D eigenvalue weighted by Gasteiger charge is 2.30. The van der Waals surface area contributed by atoms with Crippen molar-refractivity contribution < 1.29 is 13.9 Å². The Morgan fingerprint density at radius 2 is 2.39 bits per heavy atom. The Hall–Kier alpha value is -2.44. The fraction of sp³-hybridized carbons (Fsp3) is 0.438. The molecule has 0 unspecified atom stereocenters. The van der Waals surface area contributed by atoms with Gasteiger partial charge in [0.2, 0.25) is 5.91 Å². The summed E-state index contributed by atoms with van der Waals surface area (Å²) in [7, 11) is 1.82. The number of aromatic nitrogens is 3. The van der Waals surface area contributed by atoms with Gasteiger partial charge in [-0.3, -0.25) is 14.5 Å². The van der Waals surface area contributed by atoms with Crippen molar-refractivity contribution in [2.75, 3.05) is 0 Å². The van der Waals surface area contributed by atoms with Gasteiger partial charge >= 0.3 is 0 Å².